The fraction of sp³-hybridized carbons (Fsp3) is 0. The average molecular weight is 688 g/mol. The van der Waals surface area contributed by atoms with E-state index in [1.54, 1.807) is 0 Å². The summed E-state index contributed by atoms with van der Waals surface area (Å²) in [6.45, 7) is 0. The van der Waals surface area contributed by atoms with Gasteiger partial charge in [0.1, 0.15) is 17.2 Å². The number of rotatable bonds is 6. The van der Waals surface area contributed by atoms with E-state index in [2.05, 4.69) is 67.8 Å². The van der Waals surface area contributed by atoms with Crippen molar-refractivity contribution in [3.05, 3.63) is 83.5 Å². The van der Waals surface area contributed by atoms with Crippen LogP contribution in [0.5, 0.6) is 17.2 Å². The van der Waals surface area contributed by atoms with Crippen LogP contribution in [0, 0.1) is 10.7 Å². The minimum absolute atomic E-state index is 0.711. The van der Waals surface area contributed by atoms with Gasteiger partial charge in [0.15, 0.2) is 0 Å². The second-order valence-corrected chi connectivity index (χ2v) is 9.59. The molecule has 0 amide bonds. The molecule has 128 valence electrons. The molecule has 0 aromatic heterocycles. The quantitative estimate of drug-likeness (QED) is 0.202. The molecule has 3 nitrogen and oxygen atoms in total. The maximum Gasteiger partial charge on any atom is 0.530 e. The maximum atomic E-state index is 5.95. The van der Waals surface area contributed by atoms with Gasteiger partial charge in [-0.1, -0.05) is 0 Å². The van der Waals surface area contributed by atoms with Crippen LogP contribution in [-0.2, 0) is 0 Å². The molecule has 0 saturated carbocycles. The van der Waals surface area contributed by atoms with Crippen molar-refractivity contribution in [2.45, 2.75) is 0 Å². The highest BCUT2D eigenvalue weighted by atomic mass is 127. The Labute approximate surface area is 188 Å². The lowest BCUT2D eigenvalue weighted by atomic mass is 10.3. The van der Waals surface area contributed by atoms with E-state index in [0.717, 1.165) is 10.7 Å². The first kappa shape index (κ1) is 19.4. The molecule has 0 unspecified atom stereocenters. The Morgan fingerprint density at radius 1 is 0.440 bits per heavy atom. The predicted molar refractivity (Wildman–Crippen MR) is 126 cm³/mol. The van der Waals surface area contributed by atoms with Crippen LogP contribution in [0.2, 0.25) is 0 Å². The fourth-order valence-corrected chi connectivity index (χ4v) is 3.87. The van der Waals surface area contributed by atoms with Gasteiger partial charge in [0.2, 0.25) is 0 Å². The lowest BCUT2D eigenvalue weighted by Gasteiger charge is -2.18. The van der Waals surface area contributed by atoms with Crippen molar-refractivity contribution in [3.8, 4) is 17.2 Å². The Balaban J connectivity index is 1.77. The number of hydrogen-bond donors (Lipinski definition) is 0. The molecule has 0 spiro atoms. The first-order chi connectivity index (χ1) is 12.1. The molecule has 0 aliphatic rings. The van der Waals surface area contributed by atoms with Crippen molar-refractivity contribution in [3.63, 3.8) is 0 Å². The monoisotopic (exact) mass is 688 g/mol. The van der Waals surface area contributed by atoms with E-state index in [-0.39, 0.29) is 0 Å². The van der Waals surface area contributed by atoms with Gasteiger partial charge in [-0.05, 0) is 141 Å². The van der Waals surface area contributed by atoms with Crippen LogP contribution in [0.25, 0.3) is 0 Å². The van der Waals surface area contributed by atoms with Crippen molar-refractivity contribution in [2.24, 2.45) is 0 Å². The van der Waals surface area contributed by atoms with Crippen LogP contribution in [0.4, 0.5) is 0 Å². The third-order valence-electron chi connectivity index (χ3n) is 2.98. The molecule has 25 heavy (non-hydrogen) atoms. The van der Waals surface area contributed by atoms with E-state index < -0.39 is 8.60 Å². The molecular formula is C18H12I3O3P. The molecular weight excluding hydrogens is 676 g/mol. The average Bonchev–Trinajstić information content (AvgIpc) is 2.61. The number of hydrogen-bond acceptors (Lipinski definition) is 3. The van der Waals surface area contributed by atoms with Gasteiger partial charge < -0.3 is 13.6 Å². The first-order valence-electron chi connectivity index (χ1n) is 7.19. The predicted octanol–water partition coefficient (Wildman–Crippen LogP) is 7.26. The molecule has 7 heteroatoms. The second-order valence-electron chi connectivity index (χ2n) is 4.86. The van der Waals surface area contributed by atoms with Crippen molar-refractivity contribution >= 4 is 76.4 Å². The minimum Gasteiger partial charge on any atom is -0.409 e. The van der Waals surface area contributed by atoms with Crippen LogP contribution in [0.15, 0.2) is 72.8 Å². The van der Waals surface area contributed by atoms with Gasteiger partial charge in [-0.3, -0.25) is 0 Å². The van der Waals surface area contributed by atoms with E-state index in [4.69, 9.17) is 13.6 Å². The Bertz CT molecular complexity index is 696. The summed E-state index contributed by atoms with van der Waals surface area (Å²) in [5.74, 6) is 2.13. The van der Waals surface area contributed by atoms with Crippen LogP contribution in [0.1, 0.15) is 0 Å². The van der Waals surface area contributed by atoms with Gasteiger partial charge in [0.05, 0.1) is 0 Å². The van der Waals surface area contributed by atoms with Gasteiger partial charge in [0, 0.05) is 10.7 Å². The Kier molecular flexibility index (Phi) is 7.44. The Morgan fingerprint density at radius 2 is 0.680 bits per heavy atom. The zero-order chi connectivity index (χ0) is 17.6. The molecule has 3 aromatic carbocycles. The maximum absolute atomic E-state index is 5.95. The molecule has 0 bridgehead atoms. The highest BCUT2D eigenvalue weighted by molar-refractivity contribution is 14.1. The van der Waals surface area contributed by atoms with Crippen LogP contribution in [-0.4, -0.2) is 0 Å². The summed E-state index contributed by atoms with van der Waals surface area (Å²) >= 11 is 6.78. The van der Waals surface area contributed by atoms with Crippen molar-refractivity contribution < 1.29 is 13.6 Å². The first-order valence-corrected chi connectivity index (χ1v) is 11.5. The lowest BCUT2D eigenvalue weighted by molar-refractivity contribution is 0.388. The van der Waals surface area contributed by atoms with E-state index in [9.17, 15) is 0 Å². The fourth-order valence-electron chi connectivity index (χ4n) is 1.80. The molecule has 0 aliphatic heterocycles. The van der Waals surface area contributed by atoms with Gasteiger partial charge >= 0.3 is 8.60 Å². The zero-order valence-electron chi connectivity index (χ0n) is 12.7. The summed E-state index contributed by atoms with van der Waals surface area (Å²) in [6, 6.07) is 23.4. The van der Waals surface area contributed by atoms with Gasteiger partial charge in [0.25, 0.3) is 0 Å². The molecule has 3 aromatic rings. The highest BCUT2D eigenvalue weighted by Gasteiger charge is 2.19. The second kappa shape index (κ2) is 9.57. The lowest BCUT2D eigenvalue weighted by Crippen LogP contribution is -2.02. The van der Waals surface area contributed by atoms with E-state index in [0.29, 0.717) is 17.2 Å². The largest absolute Gasteiger partial charge is 0.530 e. The van der Waals surface area contributed by atoms with Gasteiger partial charge in [-0.15, -0.1) is 0 Å². The summed E-state index contributed by atoms with van der Waals surface area (Å²) in [4.78, 5) is 0. The Hall–Kier alpha value is -0.320. The van der Waals surface area contributed by atoms with Crippen molar-refractivity contribution in [2.75, 3.05) is 0 Å². The van der Waals surface area contributed by atoms with Gasteiger partial charge in [-0.25, -0.2) is 0 Å². The topological polar surface area (TPSA) is 27.7 Å². The normalized spacial score (nSPS) is 10.6. The van der Waals surface area contributed by atoms with Crippen LogP contribution in [0.3, 0.4) is 0 Å². The zero-order valence-corrected chi connectivity index (χ0v) is 20.1. The summed E-state index contributed by atoms with van der Waals surface area (Å²) in [5, 5.41) is 0. The molecule has 0 N–H and O–H groups in total. The summed E-state index contributed by atoms with van der Waals surface area (Å²) in [6.07, 6.45) is 0. The number of halogens is 3. The minimum atomic E-state index is -1.63. The smallest absolute Gasteiger partial charge is 0.409 e. The summed E-state index contributed by atoms with van der Waals surface area (Å²) < 4.78 is 21.3. The van der Waals surface area contributed by atoms with E-state index >= 15 is 0 Å². The molecule has 0 fully saturated rings. The van der Waals surface area contributed by atoms with Crippen LogP contribution >= 0.6 is 76.4 Å². The summed E-state index contributed by atoms with van der Waals surface area (Å²) in [7, 11) is -1.63. The Morgan fingerprint density at radius 3 is 0.920 bits per heavy atom. The van der Waals surface area contributed by atoms with Gasteiger partial charge in [-0.2, -0.15) is 0 Å². The third kappa shape index (κ3) is 6.41. The molecule has 0 heterocycles. The standard InChI is InChI=1S/C18H12I3O3P/c19-13-1-7-16(8-2-13)22-25(23-17-9-3-14(20)4-10-17)24-18-11-5-15(21)6-12-18/h1-12H. The van der Waals surface area contributed by atoms with Crippen molar-refractivity contribution in [1.29, 1.82) is 0 Å². The van der Waals surface area contributed by atoms with E-state index in [1.165, 1.54) is 0 Å². The molecule has 0 saturated heterocycles. The summed E-state index contributed by atoms with van der Waals surface area (Å²) in [5.41, 5.74) is 0. The molecule has 3 rings (SSSR count). The van der Waals surface area contributed by atoms with Crippen molar-refractivity contribution in [1.82, 2.24) is 0 Å². The molecule has 0 aliphatic carbocycles. The number of benzene rings is 3. The van der Waals surface area contributed by atoms with E-state index in [1.807, 2.05) is 72.8 Å². The molecule has 0 atom stereocenters. The SMILES string of the molecule is Ic1ccc(OP(Oc2ccc(I)cc2)Oc2ccc(I)cc2)cc1. The van der Waals surface area contributed by atoms with Crippen LogP contribution < -0.4 is 13.6 Å². The molecule has 0 radical (unpaired) electrons. The highest BCUT2D eigenvalue weighted by Crippen LogP contribution is 2.42. The third-order valence-corrected chi connectivity index (χ3v) is 6.22.